The molecule has 0 aliphatic heterocycles. The summed E-state index contributed by atoms with van der Waals surface area (Å²) >= 11 is 1.46. The maximum atomic E-state index is 12.3. The van der Waals surface area contributed by atoms with E-state index >= 15 is 0 Å². The molecule has 5 heteroatoms. The van der Waals surface area contributed by atoms with Crippen molar-refractivity contribution in [3.05, 3.63) is 54.4 Å². The van der Waals surface area contributed by atoms with Crippen LogP contribution >= 0.6 is 11.8 Å². The van der Waals surface area contributed by atoms with Crippen LogP contribution in [0.25, 0.3) is 5.69 Å². The highest BCUT2D eigenvalue weighted by molar-refractivity contribution is 7.99. The van der Waals surface area contributed by atoms with Crippen LogP contribution in [-0.4, -0.2) is 39.2 Å². The van der Waals surface area contributed by atoms with Crippen molar-refractivity contribution in [3.63, 3.8) is 0 Å². The van der Waals surface area contributed by atoms with Gasteiger partial charge in [0.25, 0.3) is 0 Å². The normalized spacial score (nSPS) is 10.6. The van der Waals surface area contributed by atoms with Crippen molar-refractivity contribution in [3.8, 4) is 5.69 Å². The van der Waals surface area contributed by atoms with Crippen LogP contribution in [0.15, 0.2) is 54.0 Å². The molecule has 122 valence electrons. The summed E-state index contributed by atoms with van der Waals surface area (Å²) in [4.78, 5) is 18.5. The lowest BCUT2D eigenvalue weighted by molar-refractivity contribution is -0.127. The molecular weight excluding hydrogens is 306 g/mol. The molecule has 1 heterocycles. The first-order valence-corrected chi connectivity index (χ1v) is 8.65. The molecule has 0 saturated heterocycles. The van der Waals surface area contributed by atoms with Gasteiger partial charge in [0, 0.05) is 31.2 Å². The molecule has 0 N–H and O–H groups in total. The molecule has 0 unspecified atom stereocenters. The molecule has 1 aromatic heterocycles. The molecule has 0 aliphatic rings. The van der Waals surface area contributed by atoms with Gasteiger partial charge in [-0.1, -0.05) is 36.0 Å². The Morgan fingerprint density at radius 3 is 2.87 bits per heavy atom. The molecule has 1 aromatic carbocycles. The molecule has 0 fully saturated rings. The number of aromatic nitrogens is 2. The van der Waals surface area contributed by atoms with Crippen LogP contribution in [0.2, 0.25) is 0 Å². The first kappa shape index (κ1) is 17.3. The molecule has 4 nitrogen and oxygen atoms in total. The van der Waals surface area contributed by atoms with E-state index < -0.39 is 0 Å². The Morgan fingerprint density at radius 1 is 1.43 bits per heavy atom. The fraction of sp³-hybridized carbons (Fsp3) is 0.333. The molecule has 0 spiro atoms. The van der Waals surface area contributed by atoms with Crippen LogP contribution in [-0.2, 0) is 4.79 Å². The number of amides is 1. The zero-order valence-corrected chi connectivity index (χ0v) is 14.8. The van der Waals surface area contributed by atoms with Crippen LogP contribution in [0.3, 0.4) is 0 Å². The van der Waals surface area contributed by atoms with Crippen LogP contribution in [0.4, 0.5) is 0 Å². The van der Waals surface area contributed by atoms with Crippen molar-refractivity contribution < 1.29 is 4.79 Å². The van der Waals surface area contributed by atoms with Gasteiger partial charge in [0.1, 0.15) is 0 Å². The lowest BCUT2D eigenvalue weighted by atomic mass is 10.2. The van der Waals surface area contributed by atoms with Crippen molar-refractivity contribution >= 4 is 17.7 Å². The van der Waals surface area contributed by atoms with E-state index in [0.29, 0.717) is 18.8 Å². The van der Waals surface area contributed by atoms with E-state index in [4.69, 9.17) is 0 Å². The summed E-state index contributed by atoms with van der Waals surface area (Å²) in [6.07, 6.45) is 3.69. The number of thioether (sulfide) groups is 1. The van der Waals surface area contributed by atoms with Crippen LogP contribution in [0.5, 0.6) is 0 Å². The molecule has 0 atom stereocenters. The maximum Gasteiger partial charge on any atom is 0.233 e. The molecule has 0 radical (unpaired) electrons. The van der Waals surface area contributed by atoms with Gasteiger partial charge in [-0.05, 0) is 38.5 Å². The highest BCUT2D eigenvalue weighted by Crippen LogP contribution is 2.21. The highest BCUT2D eigenvalue weighted by atomic mass is 32.2. The maximum absolute atomic E-state index is 12.3. The summed E-state index contributed by atoms with van der Waals surface area (Å²) in [5, 5.41) is 0.829. The largest absolute Gasteiger partial charge is 0.338 e. The number of likely N-dealkylation sites (N-methyl/N-ethyl adjacent to an activating group) is 1. The number of imidazole rings is 1. The molecule has 1 amide bonds. The third-order valence-corrected chi connectivity index (χ3v) is 4.36. The SMILES string of the molecule is C=C(C)CN(CC)C(=O)CSc1nccn1-c1cccc(C)c1. The van der Waals surface area contributed by atoms with Gasteiger partial charge < -0.3 is 4.90 Å². The second-order valence-corrected chi connectivity index (χ2v) is 6.52. The Bertz CT molecular complexity index is 693. The van der Waals surface area contributed by atoms with Gasteiger partial charge in [-0.3, -0.25) is 9.36 Å². The average molecular weight is 329 g/mol. The summed E-state index contributed by atoms with van der Waals surface area (Å²) < 4.78 is 2.01. The first-order valence-electron chi connectivity index (χ1n) is 7.66. The third kappa shape index (κ3) is 4.73. The Labute approximate surface area is 142 Å². The van der Waals surface area contributed by atoms with Gasteiger partial charge >= 0.3 is 0 Å². The predicted molar refractivity (Wildman–Crippen MR) is 96.1 cm³/mol. The molecule has 2 aromatic rings. The predicted octanol–water partition coefficient (Wildman–Crippen LogP) is 3.70. The lowest BCUT2D eigenvalue weighted by Gasteiger charge is -2.20. The third-order valence-electron chi connectivity index (χ3n) is 3.41. The Hall–Kier alpha value is -2.01. The molecule has 23 heavy (non-hydrogen) atoms. The number of rotatable bonds is 7. The standard InChI is InChI=1S/C18H23N3OS/c1-5-20(12-14(2)3)17(22)13-23-18-19-9-10-21(18)16-8-6-7-15(4)11-16/h6-11H,2,5,12-13H2,1,3-4H3. The van der Waals surface area contributed by atoms with E-state index in [-0.39, 0.29) is 5.91 Å². The van der Waals surface area contributed by atoms with Crippen molar-refractivity contribution in [2.45, 2.75) is 25.9 Å². The van der Waals surface area contributed by atoms with Crippen LogP contribution in [0.1, 0.15) is 19.4 Å². The smallest absolute Gasteiger partial charge is 0.233 e. The number of hydrogen-bond acceptors (Lipinski definition) is 3. The van der Waals surface area contributed by atoms with Gasteiger partial charge in [0.2, 0.25) is 5.91 Å². The fourth-order valence-corrected chi connectivity index (χ4v) is 3.17. The van der Waals surface area contributed by atoms with Crippen molar-refractivity contribution in [2.24, 2.45) is 0 Å². The number of hydrogen-bond donors (Lipinski definition) is 0. The Morgan fingerprint density at radius 2 is 2.22 bits per heavy atom. The zero-order valence-electron chi connectivity index (χ0n) is 14.0. The average Bonchev–Trinajstić information content (AvgIpc) is 2.98. The molecular formula is C18H23N3OS. The number of nitrogens with zero attached hydrogens (tertiary/aromatic N) is 3. The number of carbonyl (C=O) groups excluding carboxylic acids is 1. The summed E-state index contributed by atoms with van der Waals surface area (Å²) in [7, 11) is 0. The van der Waals surface area contributed by atoms with Gasteiger partial charge in [0.05, 0.1) is 5.75 Å². The van der Waals surface area contributed by atoms with E-state index in [2.05, 4.69) is 30.6 Å². The topological polar surface area (TPSA) is 38.1 Å². The van der Waals surface area contributed by atoms with Crippen molar-refractivity contribution in [1.29, 1.82) is 0 Å². The van der Waals surface area contributed by atoms with E-state index in [1.54, 1.807) is 6.20 Å². The minimum atomic E-state index is 0.110. The van der Waals surface area contributed by atoms with E-state index in [1.165, 1.54) is 17.3 Å². The fourth-order valence-electron chi connectivity index (χ4n) is 2.29. The molecule has 0 aliphatic carbocycles. The first-order chi connectivity index (χ1) is 11.0. The second kappa shape index (κ2) is 8.02. The van der Waals surface area contributed by atoms with Crippen molar-refractivity contribution in [1.82, 2.24) is 14.5 Å². The van der Waals surface area contributed by atoms with E-state index in [9.17, 15) is 4.79 Å². The number of benzene rings is 1. The van der Waals surface area contributed by atoms with E-state index in [0.717, 1.165) is 16.4 Å². The zero-order chi connectivity index (χ0) is 16.8. The molecule has 0 saturated carbocycles. The van der Waals surface area contributed by atoms with Gasteiger partial charge in [-0.25, -0.2) is 4.98 Å². The second-order valence-electron chi connectivity index (χ2n) is 5.57. The van der Waals surface area contributed by atoms with Gasteiger partial charge in [-0.15, -0.1) is 0 Å². The Balaban J connectivity index is 2.06. The monoisotopic (exact) mass is 329 g/mol. The molecule has 2 rings (SSSR count). The van der Waals surface area contributed by atoms with Crippen LogP contribution < -0.4 is 0 Å². The van der Waals surface area contributed by atoms with Gasteiger partial charge in [-0.2, -0.15) is 0 Å². The van der Waals surface area contributed by atoms with E-state index in [1.807, 2.05) is 41.6 Å². The van der Waals surface area contributed by atoms with Crippen molar-refractivity contribution in [2.75, 3.05) is 18.8 Å². The quantitative estimate of drug-likeness (QED) is 0.574. The molecule has 0 bridgehead atoms. The lowest BCUT2D eigenvalue weighted by Crippen LogP contribution is -2.33. The van der Waals surface area contributed by atoms with Gasteiger partial charge in [0.15, 0.2) is 5.16 Å². The summed E-state index contributed by atoms with van der Waals surface area (Å²) in [5.74, 6) is 0.489. The minimum Gasteiger partial charge on any atom is -0.338 e. The highest BCUT2D eigenvalue weighted by Gasteiger charge is 2.14. The summed E-state index contributed by atoms with van der Waals surface area (Å²) in [6.45, 7) is 11.2. The number of carbonyl (C=O) groups is 1. The Kier molecular flexibility index (Phi) is 6.04. The summed E-state index contributed by atoms with van der Waals surface area (Å²) in [6, 6.07) is 8.23. The summed E-state index contributed by atoms with van der Waals surface area (Å²) in [5.41, 5.74) is 3.25. The van der Waals surface area contributed by atoms with Crippen LogP contribution in [0, 0.1) is 6.92 Å². The number of aryl methyl sites for hydroxylation is 1. The minimum absolute atomic E-state index is 0.110.